The van der Waals surface area contributed by atoms with Crippen LogP contribution in [0.15, 0.2) is 120 Å². The second-order valence-electron chi connectivity index (χ2n) is 8.88. The van der Waals surface area contributed by atoms with E-state index in [-0.39, 0.29) is 0 Å². The summed E-state index contributed by atoms with van der Waals surface area (Å²) < 4.78 is 9.18. The van der Waals surface area contributed by atoms with Crippen LogP contribution in [0, 0.1) is 6.92 Å². The van der Waals surface area contributed by atoms with Gasteiger partial charge in [-0.05, 0) is 78.2 Å². The Kier molecular flexibility index (Phi) is 7.24. The molecule has 0 bridgehead atoms. The first-order valence-corrected chi connectivity index (χ1v) is 12.9. The molecule has 1 aromatic heterocycles. The highest BCUT2D eigenvalue weighted by atomic mass is 79.9. The molecule has 184 valence electrons. The molecule has 1 N–H and O–H groups in total. The van der Waals surface area contributed by atoms with Crippen molar-refractivity contribution in [3.05, 3.63) is 131 Å². The van der Waals surface area contributed by atoms with Crippen molar-refractivity contribution >= 4 is 21.9 Å². The number of carbonyl (C=O) groups is 1. The van der Waals surface area contributed by atoms with Gasteiger partial charge in [-0.2, -0.15) is 0 Å². The molecule has 5 aromatic rings. The molecule has 0 aliphatic heterocycles. The molecule has 0 amide bonds. The number of carboxylic acids is 1. The van der Waals surface area contributed by atoms with Crippen LogP contribution < -0.4 is 4.74 Å². The second-order valence-corrected chi connectivity index (χ2v) is 9.80. The van der Waals surface area contributed by atoms with Crippen LogP contribution in [0.5, 0.6) is 5.75 Å². The molecule has 0 aliphatic carbocycles. The van der Waals surface area contributed by atoms with Crippen molar-refractivity contribution in [2.45, 2.75) is 19.4 Å². The largest absolute Gasteiger partial charge is 0.478 e. The molecule has 0 spiro atoms. The molecular weight excluding hydrogens is 526 g/mol. The van der Waals surface area contributed by atoms with Crippen LogP contribution in [0.25, 0.3) is 28.1 Å². The summed E-state index contributed by atoms with van der Waals surface area (Å²) in [5.41, 5.74) is 7.43. The summed E-state index contributed by atoms with van der Waals surface area (Å²) in [6, 6.07) is 38.0. The molecule has 0 aliphatic rings. The van der Waals surface area contributed by atoms with Gasteiger partial charge in [-0.1, -0.05) is 76.6 Å². The third-order valence-electron chi connectivity index (χ3n) is 6.30. The minimum atomic E-state index is -0.987. The van der Waals surface area contributed by atoms with Crippen molar-refractivity contribution in [1.29, 1.82) is 0 Å². The van der Waals surface area contributed by atoms with E-state index >= 15 is 0 Å². The number of aryl methyl sites for hydroxylation is 1. The molecule has 37 heavy (non-hydrogen) atoms. The third-order valence-corrected chi connectivity index (χ3v) is 6.83. The minimum absolute atomic E-state index is 0.293. The van der Waals surface area contributed by atoms with Gasteiger partial charge in [0.05, 0.1) is 5.69 Å². The first-order chi connectivity index (χ1) is 18.0. The van der Waals surface area contributed by atoms with Gasteiger partial charge >= 0.3 is 5.97 Å². The van der Waals surface area contributed by atoms with Crippen molar-refractivity contribution in [2.24, 2.45) is 0 Å². The van der Waals surface area contributed by atoms with E-state index in [1.165, 1.54) is 0 Å². The number of benzene rings is 4. The highest BCUT2D eigenvalue weighted by molar-refractivity contribution is 9.10. The van der Waals surface area contributed by atoms with Crippen molar-refractivity contribution in [1.82, 2.24) is 4.57 Å². The van der Waals surface area contributed by atoms with E-state index in [1.54, 1.807) is 0 Å². The lowest BCUT2D eigenvalue weighted by atomic mass is 10.0. The molecule has 5 rings (SSSR count). The van der Waals surface area contributed by atoms with E-state index in [1.807, 2.05) is 84.9 Å². The van der Waals surface area contributed by atoms with Gasteiger partial charge in [0.15, 0.2) is 6.10 Å². The zero-order valence-electron chi connectivity index (χ0n) is 20.3. The van der Waals surface area contributed by atoms with Crippen LogP contribution >= 0.6 is 15.9 Å². The van der Waals surface area contributed by atoms with Crippen molar-refractivity contribution in [2.75, 3.05) is 0 Å². The lowest BCUT2D eigenvalue weighted by molar-refractivity contribution is -0.145. The molecule has 0 saturated heterocycles. The summed E-state index contributed by atoms with van der Waals surface area (Å²) in [5.74, 6) is -0.467. The fraction of sp³-hybridized carbons (Fsp3) is 0.0938. The van der Waals surface area contributed by atoms with Crippen LogP contribution in [0.3, 0.4) is 0 Å². The molecule has 4 aromatic carbocycles. The number of aromatic nitrogens is 1. The zero-order chi connectivity index (χ0) is 25.8. The number of hydrogen-bond donors (Lipinski definition) is 1. The lowest BCUT2D eigenvalue weighted by Crippen LogP contribution is -2.29. The van der Waals surface area contributed by atoms with Gasteiger partial charge in [0.1, 0.15) is 5.75 Å². The molecule has 0 fully saturated rings. The predicted molar refractivity (Wildman–Crippen MR) is 151 cm³/mol. The minimum Gasteiger partial charge on any atom is -0.478 e. The average Bonchev–Trinajstić information content (AvgIpc) is 3.27. The van der Waals surface area contributed by atoms with Crippen molar-refractivity contribution in [3.8, 4) is 33.8 Å². The van der Waals surface area contributed by atoms with E-state index < -0.39 is 12.1 Å². The maximum absolute atomic E-state index is 11.9. The number of halogens is 1. The fourth-order valence-corrected chi connectivity index (χ4v) is 4.81. The summed E-state index contributed by atoms with van der Waals surface area (Å²) >= 11 is 3.54. The maximum Gasteiger partial charge on any atom is 0.345 e. The van der Waals surface area contributed by atoms with Gasteiger partial charge in [0, 0.05) is 27.8 Å². The number of carboxylic acid groups (broad SMARTS) is 1. The molecule has 1 atom stereocenters. The Balaban J connectivity index is 1.52. The van der Waals surface area contributed by atoms with Gasteiger partial charge in [0.2, 0.25) is 0 Å². The van der Waals surface area contributed by atoms with Gasteiger partial charge in [0.25, 0.3) is 0 Å². The van der Waals surface area contributed by atoms with Crippen LogP contribution in [0.1, 0.15) is 11.3 Å². The monoisotopic (exact) mass is 551 g/mol. The Morgan fingerprint density at radius 1 is 0.838 bits per heavy atom. The predicted octanol–water partition coefficient (Wildman–Crippen LogP) is 7.96. The van der Waals surface area contributed by atoms with E-state index in [9.17, 15) is 9.90 Å². The Morgan fingerprint density at radius 2 is 1.46 bits per heavy atom. The van der Waals surface area contributed by atoms with Gasteiger partial charge in [-0.15, -0.1) is 0 Å². The summed E-state index contributed by atoms with van der Waals surface area (Å²) in [6.45, 7) is 2.11. The highest BCUT2D eigenvalue weighted by Crippen LogP contribution is 2.38. The summed E-state index contributed by atoms with van der Waals surface area (Å²) in [4.78, 5) is 11.9. The molecule has 0 radical (unpaired) electrons. The molecule has 5 heteroatoms. The van der Waals surface area contributed by atoms with E-state index in [0.29, 0.717) is 12.2 Å². The van der Waals surface area contributed by atoms with E-state index in [4.69, 9.17) is 4.74 Å². The van der Waals surface area contributed by atoms with Gasteiger partial charge < -0.3 is 14.4 Å². The van der Waals surface area contributed by atoms with Gasteiger partial charge in [-0.25, -0.2) is 4.79 Å². The third kappa shape index (κ3) is 5.52. The Morgan fingerprint density at radius 3 is 2.08 bits per heavy atom. The number of aliphatic carboxylic acids is 1. The molecule has 0 saturated carbocycles. The summed E-state index contributed by atoms with van der Waals surface area (Å²) in [6.07, 6.45) is -0.677. The number of rotatable bonds is 8. The Hall–Kier alpha value is -4.09. The smallest absolute Gasteiger partial charge is 0.345 e. The average molecular weight is 552 g/mol. The zero-order valence-corrected chi connectivity index (χ0v) is 21.9. The summed E-state index contributed by atoms with van der Waals surface area (Å²) in [5, 5.41) is 9.74. The maximum atomic E-state index is 11.9. The Labute approximate surface area is 224 Å². The van der Waals surface area contributed by atoms with E-state index in [2.05, 4.69) is 57.8 Å². The van der Waals surface area contributed by atoms with Crippen LogP contribution in [0.2, 0.25) is 0 Å². The standard InChI is InChI=1S/C32H26BrNO3/c1-22-20-29(24-10-6-3-7-11-24)31(34(22)27-16-14-26(33)15-17-27)25-12-18-28(19-13-25)37-30(32(35)36)21-23-8-4-2-5-9-23/h2-20,30H,21H2,1H3,(H,35,36)/t30-/m1/s1. The molecule has 4 nitrogen and oxygen atoms in total. The van der Waals surface area contributed by atoms with E-state index in [0.717, 1.165) is 43.8 Å². The topological polar surface area (TPSA) is 51.5 Å². The van der Waals surface area contributed by atoms with Crippen LogP contribution in [0.4, 0.5) is 0 Å². The molecule has 1 heterocycles. The fourth-order valence-electron chi connectivity index (χ4n) is 4.55. The lowest BCUT2D eigenvalue weighted by Gasteiger charge is -2.17. The first-order valence-electron chi connectivity index (χ1n) is 12.1. The van der Waals surface area contributed by atoms with Crippen molar-refractivity contribution in [3.63, 3.8) is 0 Å². The Bertz CT molecular complexity index is 1490. The van der Waals surface area contributed by atoms with Crippen molar-refractivity contribution < 1.29 is 14.6 Å². The molecular formula is C32H26BrNO3. The van der Waals surface area contributed by atoms with Gasteiger partial charge in [-0.3, -0.25) is 0 Å². The highest BCUT2D eigenvalue weighted by Gasteiger charge is 2.21. The normalized spacial score (nSPS) is 11.7. The summed E-state index contributed by atoms with van der Waals surface area (Å²) in [7, 11) is 0. The van der Waals surface area contributed by atoms with Crippen LogP contribution in [-0.2, 0) is 11.2 Å². The first kappa shape index (κ1) is 24.6. The number of nitrogens with zero attached hydrogens (tertiary/aromatic N) is 1. The number of hydrogen-bond acceptors (Lipinski definition) is 2. The SMILES string of the molecule is Cc1cc(-c2ccccc2)c(-c2ccc(O[C@H](Cc3ccccc3)C(=O)O)cc2)n1-c1ccc(Br)cc1. The quantitative estimate of drug-likeness (QED) is 0.213. The van der Waals surface area contributed by atoms with Crippen LogP contribution in [-0.4, -0.2) is 21.7 Å². The molecule has 0 unspecified atom stereocenters. The number of ether oxygens (including phenoxy) is 1. The second kappa shape index (κ2) is 10.9.